The predicted molar refractivity (Wildman–Crippen MR) is 90.8 cm³/mol. The fourth-order valence-electron chi connectivity index (χ4n) is 2.20. The summed E-state index contributed by atoms with van der Waals surface area (Å²) in [4.78, 5) is 23.9. The summed E-state index contributed by atoms with van der Waals surface area (Å²) < 4.78 is 10.2. The van der Waals surface area contributed by atoms with E-state index in [1.54, 1.807) is 12.1 Å². The van der Waals surface area contributed by atoms with E-state index in [-0.39, 0.29) is 12.5 Å². The van der Waals surface area contributed by atoms with Crippen LogP contribution in [-0.2, 0) is 20.7 Å². The van der Waals surface area contributed by atoms with Crippen LogP contribution in [0.1, 0.15) is 11.1 Å². The molecule has 1 unspecified atom stereocenters. The molecule has 5 heteroatoms. The monoisotopic (exact) mass is 327 g/mol. The zero-order valence-electron chi connectivity index (χ0n) is 13.8. The van der Waals surface area contributed by atoms with Gasteiger partial charge in [0.05, 0.1) is 7.11 Å². The second-order valence-corrected chi connectivity index (χ2v) is 5.43. The number of nitrogens with one attached hydrogen (secondary N) is 1. The van der Waals surface area contributed by atoms with Crippen LogP contribution in [0.5, 0.6) is 5.75 Å². The maximum atomic E-state index is 12.1. The molecule has 2 rings (SSSR count). The summed E-state index contributed by atoms with van der Waals surface area (Å²) in [5.74, 6) is -0.252. The lowest BCUT2D eigenvalue weighted by Gasteiger charge is -2.17. The lowest BCUT2D eigenvalue weighted by molar-refractivity contribution is -0.145. The lowest BCUT2D eigenvalue weighted by atomic mass is 10.1. The zero-order chi connectivity index (χ0) is 17.4. The molecule has 0 radical (unpaired) electrons. The Morgan fingerprint density at radius 1 is 1.04 bits per heavy atom. The molecule has 0 fully saturated rings. The Kier molecular flexibility index (Phi) is 6.37. The summed E-state index contributed by atoms with van der Waals surface area (Å²) in [5, 5.41) is 2.66. The molecule has 0 spiro atoms. The van der Waals surface area contributed by atoms with Crippen LogP contribution >= 0.6 is 0 Å². The molecule has 1 N–H and O–H groups in total. The maximum absolute atomic E-state index is 12.1. The van der Waals surface area contributed by atoms with Crippen LogP contribution < -0.4 is 10.1 Å². The lowest BCUT2D eigenvalue weighted by Crippen LogP contribution is -2.44. The van der Waals surface area contributed by atoms with Crippen molar-refractivity contribution in [3.05, 3.63) is 65.7 Å². The van der Waals surface area contributed by atoms with E-state index in [1.165, 1.54) is 7.11 Å². The average Bonchev–Trinajstić information content (AvgIpc) is 2.61. The topological polar surface area (TPSA) is 64.6 Å². The van der Waals surface area contributed by atoms with Crippen molar-refractivity contribution in [3.63, 3.8) is 0 Å². The average molecular weight is 327 g/mol. The van der Waals surface area contributed by atoms with Gasteiger partial charge in [0.2, 0.25) is 0 Å². The van der Waals surface area contributed by atoms with Crippen LogP contribution in [0.2, 0.25) is 0 Å². The summed E-state index contributed by atoms with van der Waals surface area (Å²) in [5.41, 5.74) is 2.05. The minimum atomic E-state index is -0.744. The van der Waals surface area contributed by atoms with Crippen LogP contribution in [0.3, 0.4) is 0 Å². The second kappa shape index (κ2) is 8.72. The van der Waals surface area contributed by atoms with E-state index < -0.39 is 12.0 Å². The molecule has 0 saturated heterocycles. The highest BCUT2D eigenvalue weighted by Crippen LogP contribution is 2.11. The molecular weight excluding hydrogens is 306 g/mol. The first kappa shape index (κ1) is 17.5. The maximum Gasteiger partial charge on any atom is 0.328 e. The van der Waals surface area contributed by atoms with Crippen molar-refractivity contribution in [2.24, 2.45) is 0 Å². The number of hydrogen-bond donors (Lipinski definition) is 1. The van der Waals surface area contributed by atoms with Crippen molar-refractivity contribution in [3.8, 4) is 5.75 Å². The highest BCUT2D eigenvalue weighted by Gasteiger charge is 2.22. The number of ether oxygens (including phenoxy) is 2. The number of hydrogen-bond acceptors (Lipinski definition) is 4. The first-order chi connectivity index (χ1) is 11.6. The molecule has 1 atom stereocenters. The van der Waals surface area contributed by atoms with Gasteiger partial charge in [0.25, 0.3) is 5.91 Å². The van der Waals surface area contributed by atoms with Crippen LogP contribution in [-0.4, -0.2) is 31.6 Å². The molecule has 126 valence electrons. The molecule has 0 aliphatic rings. The highest BCUT2D eigenvalue weighted by atomic mass is 16.5. The van der Waals surface area contributed by atoms with Gasteiger partial charge in [0.15, 0.2) is 6.61 Å². The molecular formula is C19H21NO4. The summed E-state index contributed by atoms with van der Waals surface area (Å²) >= 11 is 0. The molecule has 2 aromatic rings. The fraction of sp³-hybridized carbons (Fsp3) is 0.263. The van der Waals surface area contributed by atoms with Crippen LogP contribution in [0, 0.1) is 6.92 Å². The third-order valence-corrected chi connectivity index (χ3v) is 3.49. The van der Waals surface area contributed by atoms with Gasteiger partial charge in [-0.15, -0.1) is 0 Å². The normalized spacial score (nSPS) is 11.4. The third kappa shape index (κ3) is 5.43. The van der Waals surface area contributed by atoms with E-state index in [0.717, 1.165) is 11.1 Å². The Labute approximate surface area is 141 Å². The molecule has 0 aliphatic heterocycles. The molecule has 24 heavy (non-hydrogen) atoms. The van der Waals surface area contributed by atoms with Gasteiger partial charge in [0.1, 0.15) is 11.8 Å². The van der Waals surface area contributed by atoms with Crippen molar-refractivity contribution < 1.29 is 19.1 Å². The molecule has 5 nitrogen and oxygen atoms in total. The summed E-state index contributed by atoms with van der Waals surface area (Å²) in [6.07, 6.45) is 0.365. The van der Waals surface area contributed by atoms with Gasteiger partial charge in [-0.1, -0.05) is 48.0 Å². The molecule has 0 aromatic heterocycles. The Hall–Kier alpha value is -2.82. The number of benzene rings is 2. The number of rotatable bonds is 7. The third-order valence-electron chi connectivity index (χ3n) is 3.49. The summed E-state index contributed by atoms with van der Waals surface area (Å²) in [7, 11) is 1.30. The van der Waals surface area contributed by atoms with Crippen molar-refractivity contribution in [1.29, 1.82) is 0 Å². The van der Waals surface area contributed by atoms with E-state index in [0.29, 0.717) is 12.2 Å². The van der Waals surface area contributed by atoms with Gasteiger partial charge < -0.3 is 14.8 Å². The molecule has 0 saturated carbocycles. The minimum absolute atomic E-state index is 0.161. The van der Waals surface area contributed by atoms with E-state index >= 15 is 0 Å². The Bertz CT molecular complexity index is 668. The van der Waals surface area contributed by atoms with E-state index in [4.69, 9.17) is 9.47 Å². The second-order valence-electron chi connectivity index (χ2n) is 5.43. The fourth-order valence-corrected chi connectivity index (χ4v) is 2.20. The van der Waals surface area contributed by atoms with Gasteiger partial charge in [-0.2, -0.15) is 0 Å². The summed E-state index contributed by atoms with van der Waals surface area (Å²) in [6, 6.07) is 16.1. The van der Waals surface area contributed by atoms with Gasteiger partial charge in [0, 0.05) is 6.42 Å². The number of esters is 1. The standard InChI is InChI=1S/C19H21NO4/c1-14-8-10-16(11-9-14)24-13-18(21)20-17(19(22)23-2)12-15-6-4-3-5-7-15/h3-11,17H,12-13H2,1-2H3,(H,20,21). The number of carbonyl (C=O) groups excluding carboxylic acids is 2. The van der Waals surface area contributed by atoms with Gasteiger partial charge >= 0.3 is 5.97 Å². The van der Waals surface area contributed by atoms with Gasteiger partial charge in [-0.05, 0) is 24.6 Å². The van der Waals surface area contributed by atoms with Crippen molar-refractivity contribution in [1.82, 2.24) is 5.32 Å². The highest BCUT2D eigenvalue weighted by molar-refractivity contribution is 5.85. The van der Waals surface area contributed by atoms with Crippen molar-refractivity contribution in [2.45, 2.75) is 19.4 Å². The first-order valence-corrected chi connectivity index (χ1v) is 7.69. The molecule has 0 heterocycles. The SMILES string of the molecule is COC(=O)C(Cc1ccccc1)NC(=O)COc1ccc(C)cc1. The van der Waals surface area contributed by atoms with E-state index in [9.17, 15) is 9.59 Å². The quantitative estimate of drug-likeness (QED) is 0.793. The molecule has 1 amide bonds. The van der Waals surface area contributed by atoms with Crippen LogP contribution in [0.4, 0.5) is 0 Å². The zero-order valence-corrected chi connectivity index (χ0v) is 13.8. The Morgan fingerprint density at radius 2 is 1.71 bits per heavy atom. The number of carbonyl (C=O) groups is 2. The van der Waals surface area contributed by atoms with Crippen molar-refractivity contribution >= 4 is 11.9 Å². The van der Waals surface area contributed by atoms with Gasteiger partial charge in [-0.3, -0.25) is 4.79 Å². The predicted octanol–water partition coefficient (Wildman–Crippen LogP) is 2.27. The number of aryl methyl sites for hydroxylation is 1. The van der Waals surface area contributed by atoms with Crippen LogP contribution in [0.25, 0.3) is 0 Å². The Morgan fingerprint density at radius 3 is 2.33 bits per heavy atom. The molecule has 0 aliphatic carbocycles. The van der Waals surface area contributed by atoms with E-state index in [1.807, 2.05) is 49.4 Å². The molecule has 2 aromatic carbocycles. The Balaban J connectivity index is 1.91. The molecule has 0 bridgehead atoms. The van der Waals surface area contributed by atoms with E-state index in [2.05, 4.69) is 5.32 Å². The number of amides is 1. The summed E-state index contributed by atoms with van der Waals surface area (Å²) in [6.45, 7) is 1.81. The smallest absolute Gasteiger partial charge is 0.328 e. The minimum Gasteiger partial charge on any atom is -0.484 e. The van der Waals surface area contributed by atoms with Gasteiger partial charge in [-0.25, -0.2) is 4.79 Å². The largest absolute Gasteiger partial charge is 0.484 e. The van der Waals surface area contributed by atoms with Crippen LogP contribution in [0.15, 0.2) is 54.6 Å². The first-order valence-electron chi connectivity index (χ1n) is 7.69. The van der Waals surface area contributed by atoms with Crippen molar-refractivity contribution in [2.75, 3.05) is 13.7 Å². The number of methoxy groups -OCH3 is 1.